The van der Waals surface area contributed by atoms with Gasteiger partial charge in [-0.15, -0.1) is 0 Å². The fourth-order valence-corrected chi connectivity index (χ4v) is 4.03. The zero-order valence-electron chi connectivity index (χ0n) is 13.1. The van der Waals surface area contributed by atoms with Gasteiger partial charge in [-0.05, 0) is 24.6 Å². The van der Waals surface area contributed by atoms with Crippen LogP contribution in [-0.2, 0) is 20.4 Å². The van der Waals surface area contributed by atoms with Crippen molar-refractivity contribution in [1.29, 1.82) is 0 Å². The predicted molar refractivity (Wildman–Crippen MR) is 87.3 cm³/mol. The van der Waals surface area contributed by atoms with Gasteiger partial charge >= 0.3 is 0 Å². The first kappa shape index (κ1) is 17.9. The predicted octanol–water partition coefficient (Wildman–Crippen LogP) is 2.01. The van der Waals surface area contributed by atoms with E-state index in [0.717, 1.165) is 5.56 Å². The van der Waals surface area contributed by atoms with Gasteiger partial charge in [-0.1, -0.05) is 6.07 Å². The molecule has 1 aliphatic rings. The van der Waals surface area contributed by atoms with Crippen LogP contribution in [0.5, 0.6) is 11.5 Å². The molecular formula is C15H20ClNO5S. The third-order valence-corrected chi connectivity index (χ3v) is 4.88. The van der Waals surface area contributed by atoms with E-state index < -0.39 is 9.05 Å². The molecule has 1 aromatic rings. The van der Waals surface area contributed by atoms with Crippen LogP contribution in [0.25, 0.3) is 0 Å². The first-order chi connectivity index (χ1) is 10.8. The molecule has 128 valence electrons. The van der Waals surface area contributed by atoms with Crippen molar-refractivity contribution in [2.45, 2.75) is 19.9 Å². The fourth-order valence-electron chi connectivity index (χ4n) is 2.71. The number of carbonyl (C=O) groups excluding carboxylic acids is 1. The number of ether oxygens (including phenoxy) is 2. The van der Waals surface area contributed by atoms with Gasteiger partial charge in [0.2, 0.25) is 15.0 Å². The minimum Gasteiger partial charge on any atom is -0.493 e. The summed E-state index contributed by atoms with van der Waals surface area (Å²) in [5.74, 6) is 0.760. The SMILES string of the molecule is CCOc1cc(CN2CC(CS(=O)(=O)Cl)CC2=O)ccc1OC. The summed E-state index contributed by atoms with van der Waals surface area (Å²) in [4.78, 5) is 13.7. The highest BCUT2D eigenvalue weighted by atomic mass is 35.7. The molecule has 0 aromatic heterocycles. The van der Waals surface area contributed by atoms with E-state index in [2.05, 4.69) is 0 Å². The minimum absolute atomic E-state index is 0.0657. The maximum Gasteiger partial charge on any atom is 0.232 e. The minimum atomic E-state index is -3.59. The Morgan fingerprint density at radius 2 is 2.09 bits per heavy atom. The van der Waals surface area contributed by atoms with Crippen LogP contribution in [0.4, 0.5) is 0 Å². The first-order valence-electron chi connectivity index (χ1n) is 7.32. The Morgan fingerprint density at radius 1 is 1.35 bits per heavy atom. The largest absolute Gasteiger partial charge is 0.493 e. The quantitative estimate of drug-likeness (QED) is 0.694. The summed E-state index contributed by atoms with van der Waals surface area (Å²) in [5, 5.41) is 0. The number of carbonyl (C=O) groups is 1. The van der Waals surface area contributed by atoms with Crippen LogP contribution < -0.4 is 9.47 Å². The number of methoxy groups -OCH3 is 1. The molecule has 1 aliphatic heterocycles. The van der Waals surface area contributed by atoms with Gasteiger partial charge in [0, 0.05) is 36.1 Å². The van der Waals surface area contributed by atoms with Crippen molar-refractivity contribution in [2.75, 3.05) is 26.0 Å². The van der Waals surface area contributed by atoms with Crippen LogP contribution in [-0.4, -0.2) is 45.2 Å². The molecule has 0 bridgehead atoms. The number of hydrogen-bond donors (Lipinski definition) is 0. The molecule has 1 unspecified atom stereocenters. The lowest BCUT2D eigenvalue weighted by molar-refractivity contribution is -0.128. The number of rotatable bonds is 7. The Labute approximate surface area is 140 Å². The monoisotopic (exact) mass is 361 g/mol. The molecule has 1 aromatic carbocycles. The number of hydrogen-bond acceptors (Lipinski definition) is 5. The van der Waals surface area contributed by atoms with Gasteiger partial charge in [-0.3, -0.25) is 4.79 Å². The lowest BCUT2D eigenvalue weighted by Crippen LogP contribution is -2.25. The molecular weight excluding hydrogens is 342 g/mol. The number of halogens is 1. The van der Waals surface area contributed by atoms with Crippen LogP contribution >= 0.6 is 10.7 Å². The number of nitrogens with zero attached hydrogens (tertiary/aromatic N) is 1. The summed E-state index contributed by atoms with van der Waals surface area (Å²) in [7, 11) is 3.24. The van der Waals surface area contributed by atoms with E-state index in [1.807, 2.05) is 19.1 Å². The molecule has 23 heavy (non-hydrogen) atoms. The second kappa shape index (κ2) is 7.40. The maximum atomic E-state index is 12.0. The van der Waals surface area contributed by atoms with Gasteiger partial charge < -0.3 is 14.4 Å². The van der Waals surface area contributed by atoms with Crippen LogP contribution in [0, 0.1) is 5.92 Å². The molecule has 1 amide bonds. The van der Waals surface area contributed by atoms with Gasteiger partial charge in [0.15, 0.2) is 11.5 Å². The summed E-state index contributed by atoms with van der Waals surface area (Å²) < 4.78 is 33.1. The molecule has 0 radical (unpaired) electrons. The molecule has 0 saturated carbocycles. The zero-order valence-corrected chi connectivity index (χ0v) is 14.7. The Bertz CT molecular complexity index is 676. The maximum absolute atomic E-state index is 12.0. The van der Waals surface area contributed by atoms with Crippen molar-refractivity contribution in [2.24, 2.45) is 5.92 Å². The van der Waals surface area contributed by atoms with Crippen LogP contribution in [0.2, 0.25) is 0 Å². The highest BCUT2D eigenvalue weighted by Gasteiger charge is 2.32. The van der Waals surface area contributed by atoms with Crippen LogP contribution in [0.3, 0.4) is 0 Å². The second-order valence-corrected chi connectivity index (χ2v) is 8.29. The normalized spacial score (nSPS) is 18.3. The second-order valence-electron chi connectivity index (χ2n) is 5.47. The van der Waals surface area contributed by atoms with E-state index in [9.17, 15) is 13.2 Å². The molecule has 1 atom stereocenters. The first-order valence-corrected chi connectivity index (χ1v) is 9.80. The third-order valence-electron chi connectivity index (χ3n) is 3.63. The lowest BCUT2D eigenvalue weighted by Gasteiger charge is -2.18. The Morgan fingerprint density at radius 3 is 2.70 bits per heavy atom. The zero-order chi connectivity index (χ0) is 17.0. The van der Waals surface area contributed by atoms with Gasteiger partial charge in [-0.2, -0.15) is 0 Å². The van der Waals surface area contributed by atoms with Crippen molar-refractivity contribution in [1.82, 2.24) is 4.90 Å². The van der Waals surface area contributed by atoms with E-state index in [1.165, 1.54) is 0 Å². The topological polar surface area (TPSA) is 72.9 Å². The fraction of sp³-hybridized carbons (Fsp3) is 0.533. The van der Waals surface area contributed by atoms with Gasteiger partial charge in [-0.25, -0.2) is 8.42 Å². The van der Waals surface area contributed by atoms with E-state index in [1.54, 1.807) is 18.1 Å². The molecule has 0 spiro atoms. The van der Waals surface area contributed by atoms with E-state index >= 15 is 0 Å². The lowest BCUT2D eigenvalue weighted by atomic mass is 10.1. The van der Waals surface area contributed by atoms with Crippen molar-refractivity contribution < 1.29 is 22.7 Å². The highest BCUT2D eigenvalue weighted by Crippen LogP contribution is 2.30. The summed E-state index contributed by atoms with van der Waals surface area (Å²) in [6.07, 6.45) is 0.209. The van der Waals surface area contributed by atoms with Crippen LogP contribution in [0.15, 0.2) is 18.2 Å². The Kier molecular flexibility index (Phi) is 5.75. The Hall–Kier alpha value is -1.47. The highest BCUT2D eigenvalue weighted by molar-refractivity contribution is 8.13. The van der Waals surface area contributed by atoms with E-state index in [-0.39, 0.29) is 24.0 Å². The van der Waals surface area contributed by atoms with Gasteiger partial charge in [0.05, 0.1) is 19.5 Å². The number of benzene rings is 1. The van der Waals surface area contributed by atoms with Gasteiger partial charge in [0.1, 0.15) is 0 Å². The molecule has 1 heterocycles. The number of amides is 1. The van der Waals surface area contributed by atoms with Crippen LogP contribution in [0.1, 0.15) is 18.9 Å². The summed E-state index contributed by atoms with van der Waals surface area (Å²) in [5.41, 5.74) is 0.900. The molecule has 0 aliphatic carbocycles. The van der Waals surface area contributed by atoms with Crippen molar-refractivity contribution in [3.63, 3.8) is 0 Å². The van der Waals surface area contributed by atoms with Crippen molar-refractivity contribution >= 4 is 25.6 Å². The molecule has 6 nitrogen and oxygen atoms in total. The third kappa shape index (κ3) is 5.00. The standard InChI is InChI=1S/C15H20ClNO5S/c1-3-22-14-6-11(4-5-13(14)21-2)8-17-9-12(7-15(17)18)10-23(16,19)20/h4-6,12H,3,7-10H2,1-2H3. The van der Waals surface area contributed by atoms with Crippen molar-refractivity contribution in [3.8, 4) is 11.5 Å². The number of likely N-dealkylation sites (tertiary alicyclic amines) is 1. The van der Waals surface area contributed by atoms with E-state index in [4.69, 9.17) is 20.2 Å². The summed E-state index contributed by atoms with van der Waals surface area (Å²) in [6.45, 7) is 3.19. The van der Waals surface area contributed by atoms with E-state index in [0.29, 0.717) is 31.2 Å². The van der Waals surface area contributed by atoms with Crippen molar-refractivity contribution in [3.05, 3.63) is 23.8 Å². The summed E-state index contributed by atoms with van der Waals surface area (Å²) >= 11 is 0. The summed E-state index contributed by atoms with van der Waals surface area (Å²) in [6, 6.07) is 5.49. The molecule has 0 N–H and O–H groups in total. The molecule has 1 saturated heterocycles. The smallest absolute Gasteiger partial charge is 0.232 e. The molecule has 2 rings (SSSR count). The Balaban J connectivity index is 2.07. The molecule has 8 heteroatoms. The molecule has 1 fully saturated rings. The average Bonchev–Trinajstić information content (AvgIpc) is 2.77. The average molecular weight is 362 g/mol. The van der Waals surface area contributed by atoms with Gasteiger partial charge in [0.25, 0.3) is 0 Å².